The lowest BCUT2D eigenvalue weighted by molar-refractivity contribution is 0.256. The predicted molar refractivity (Wildman–Crippen MR) is 82.6 cm³/mol. The summed E-state index contributed by atoms with van der Waals surface area (Å²) in [6.07, 6.45) is 3.42. The van der Waals surface area contributed by atoms with Crippen LogP contribution in [0.25, 0.3) is 0 Å². The summed E-state index contributed by atoms with van der Waals surface area (Å²) in [7, 11) is 0. The van der Waals surface area contributed by atoms with Gasteiger partial charge in [-0.25, -0.2) is 0 Å². The molecule has 2 atom stereocenters. The van der Waals surface area contributed by atoms with Gasteiger partial charge in [-0.2, -0.15) is 0 Å². The van der Waals surface area contributed by atoms with E-state index in [0.29, 0.717) is 0 Å². The van der Waals surface area contributed by atoms with Gasteiger partial charge in [0.1, 0.15) is 0 Å². The lowest BCUT2D eigenvalue weighted by Crippen LogP contribution is -2.38. The number of rotatable bonds is 3. The van der Waals surface area contributed by atoms with Gasteiger partial charge in [-0.3, -0.25) is 0 Å². The van der Waals surface area contributed by atoms with E-state index in [4.69, 9.17) is 0 Å². The molecule has 0 spiro atoms. The Labute approximate surface area is 123 Å². The smallest absolute Gasteiger partial charge is 0.174 e. The summed E-state index contributed by atoms with van der Waals surface area (Å²) >= 11 is -1.07. The maximum absolute atomic E-state index is 12.8. The van der Waals surface area contributed by atoms with Crippen molar-refractivity contribution in [2.75, 3.05) is 6.54 Å². The average Bonchev–Trinajstić information content (AvgIpc) is 2.56. The maximum Gasteiger partial charge on any atom is 0.174 e. The van der Waals surface area contributed by atoms with Crippen molar-refractivity contribution < 1.29 is 4.55 Å². The fourth-order valence-corrected chi connectivity index (χ4v) is 4.20. The van der Waals surface area contributed by atoms with Gasteiger partial charge < -0.3 is 4.55 Å². The highest BCUT2D eigenvalue weighted by Gasteiger charge is 2.33. The van der Waals surface area contributed by atoms with Crippen LogP contribution in [0, 0.1) is 0 Å². The molecule has 3 heteroatoms. The molecule has 0 radical (unpaired) electrons. The van der Waals surface area contributed by atoms with Crippen LogP contribution in [0.4, 0.5) is 0 Å². The summed E-state index contributed by atoms with van der Waals surface area (Å²) in [4.78, 5) is 0.898. The molecule has 1 aliphatic rings. The molecule has 104 valence electrons. The topological polar surface area (TPSA) is 26.3 Å². The van der Waals surface area contributed by atoms with Crippen molar-refractivity contribution in [3.05, 3.63) is 66.2 Å². The standard InChI is InChI=1S/C17H19NOS/c19-20(16-11-5-2-6-12-16)18-14-8-7-13-17(18)15-9-3-1-4-10-15/h1-6,9-12,17H,7-8,13-14H2. The molecule has 0 saturated carbocycles. The molecule has 0 aliphatic carbocycles. The van der Waals surface area contributed by atoms with Crippen LogP contribution in [0.15, 0.2) is 65.6 Å². The Morgan fingerprint density at radius 3 is 2.25 bits per heavy atom. The molecule has 1 fully saturated rings. The van der Waals surface area contributed by atoms with Crippen LogP contribution in [-0.4, -0.2) is 15.4 Å². The molecule has 2 unspecified atom stereocenters. The fraction of sp³-hybridized carbons (Fsp3) is 0.294. The Kier molecular flexibility index (Phi) is 4.41. The molecule has 0 amide bonds. The lowest BCUT2D eigenvalue weighted by Gasteiger charge is -2.35. The van der Waals surface area contributed by atoms with Crippen molar-refractivity contribution >= 4 is 11.4 Å². The number of hydrogen-bond acceptors (Lipinski definition) is 2. The van der Waals surface area contributed by atoms with Crippen LogP contribution in [0.1, 0.15) is 30.9 Å². The Morgan fingerprint density at radius 1 is 0.900 bits per heavy atom. The first-order chi connectivity index (χ1) is 9.86. The molecule has 20 heavy (non-hydrogen) atoms. The first kappa shape index (κ1) is 13.7. The third-order valence-electron chi connectivity index (χ3n) is 3.80. The second-order valence-electron chi connectivity index (χ2n) is 5.13. The van der Waals surface area contributed by atoms with Crippen molar-refractivity contribution in [1.29, 1.82) is 0 Å². The molecule has 1 aliphatic heterocycles. The van der Waals surface area contributed by atoms with Gasteiger partial charge in [0.25, 0.3) is 0 Å². The first-order valence-electron chi connectivity index (χ1n) is 7.15. The van der Waals surface area contributed by atoms with Gasteiger partial charge in [0, 0.05) is 6.54 Å². The van der Waals surface area contributed by atoms with Crippen LogP contribution >= 0.6 is 0 Å². The van der Waals surface area contributed by atoms with E-state index < -0.39 is 11.4 Å². The predicted octanol–water partition coefficient (Wildman–Crippen LogP) is 3.94. The molecule has 2 nitrogen and oxygen atoms in total. The zero-order valence-electron chi connectivity index (χ0n) is 11.4. The van der Waals surface area contributed by atoms with Crippen LogP contribution < -0.4 is 0 Å². The van der Waals surface area contributed by atoms with E-state index in [0.717, 1.165) is 24.3 Å². The van der Waals surface area contributed by atoms with E-state index in [1.807, 2.05) is 36.4 Å². The number of hydrogen-bond donors (Lipinski definition) is 0. The van der Waals surface area contributed by atoms with Crippen molar-refractivity contribution in [1.82, 2.24) is 4.31 Å². The highest BCUT2D eigenvalue weighted by atomic mass is 32.2. The molecule has 0 bridgehead atoms. The second kappa shape index (κ2) is 6.44. The minimum Gasteiger partial charge on any atom is -0.593 e. The number of nitrogens with zero attached hydrogens (tertiary/aromatic N) is 1. The van der Waals surface area contributed by atoms with Crippen LogP contribution in [0.3, 0.4) is 0 Å². The van der Waals surface area contributed by atoms with Gasteiger partial charge >= 0.3 is 0 Å². The summed E-state index contributed by atoms with van der Waals surface area (Å²) in [6.45, 7) is 0.904. The van der Waals surface area contributed by atoms with Crippen molar-refractivity contribution in [2.24, 2.45) is 0 Å². The minimum absolute atomic E-state index is 0.269. The Morgan fingerprint density at radius 2 is 1.55 bits per heavy atom. The molecule has 2 aromatic carbocycles. The van der Waals surface area contributed by atoms with Gasteiger partial charge in [-0.05, 0) is 37.0 Å². The van der Waals surface area contributed by atoms with Gasteiger partial charge in [0.2, 0.25) is 0 Å². The second-order valence-corrected chi connectivity index (χ2v) is 6.56. The largest absolute Gasteiger partial charge is 0.593 e. The van der Waals surface area contributed by atoms with E-state index in [1.54, 1.807) is 0 Å². The molecule has 0 N–H and O–H groups in total. The Bertz CT molecular complexity index is 531. The lowest BCUT2D eigenvalue weighted by atomic mass is 9.98. The normalized spacial score (nSPS) is 21.6. The van der Waals surface area contributed by atoms with E-state index in [9.17, 15) is 4.55 Å². The molecular formula is C17H19NOS. The van der Waals surface area contributed by atoms with Crippen LogP contribution in [0.5, 0.6) is 0 Å². The minimum atomic E-state index is -1.07. The summed E-state index contributed by atoms with van der Waals surface area (Å²) in [5, 5.41) is 0. The number of benzene rings is 2. The third kappa shape index (κ3) is 2.90. The van der Waals surface area contributed by atoms with Gasteiger partial charge in [0.05, 0.1) is 17.4 Å². The molecule has 3 rings (SSSR count). The maximum atomic E-state index is 12.8. The highest BCUT2D eigenvalue weighted by molar-refractivity contribution is 7.89. The van der Waals surface area contributed by atoms with Gasteiger partial charge in [0.15, 0.2) is 4.90 Å². The van der Waals surface area contributed by atoms with Crippen LogP contribution in [0.2, 0.25) is 0 Å². The van der Waals surface area contributed by atoms with Crippen molar-refractivity contribution in [2.45, 2.75) is 30.2 Å². The van der Waals surface area contributed by atoms with E-state index in [2.05, 4.69) is 28.6 Å². The summed E-state index contributed by atoms with van der Waals surface area (Å²) in [6, 6.07) is 20.5. The van der Waals surface area contributed by atoms with E-state index >= 15 is 0 Å². The zero-order chi connectivity index (χ0) is 13.8. The molecular weight excluding hydrogens is 266 g/mol. The Balaban J connectivity index is 1.86. The van der Waals surface area contributed by atoms with Gasteiger partial charge in [-0.1, -0.05) is 48.5 Å². The summed E-state index contributed by atoms with van der Waals surface area (Å²) in [5.74, 6) is 0. The van der Waals surface area contributed by atoms with E-state index in [-0.39, 0.29) is 6.04 Å². The summed E-state index contributed by atoms with van der Waals surface area (Å²) in [5.41, 5.74) is 1.27. The van der Waals surface area contributed by atoms with Crippen molar-refractivity contribution in [3.8, 4) is 0 Å². The number of piperidine rings is 1. The van der Waals surface area contributed by atoms with Crippen LogP contribution in [-0.2, 0) is 11.4 Å². The van der Waals surface area contributed by atoms with E-state index in [1.165, 1.54) is 12.0 Å². The molecule has 1 saturated heterocycles. The third-order valence-corrected chi connectivity index (χ3v) is 5.33. The summed E-state index contributed by atoms with van der Waals surface area (Å²) < 4.78 is 15.0. The zero-order valence-corrected chi connectivity index (χ0v) is 12.3. The van der Waals surface area contributed by atoms with Crippen molar-refractivity contribution in [3.63, 3.8) is 0 Å². The average molecular weight is 285 g/mol. The molecule has 1 heterocycles. The molecule has 0 aromatic heterocycles. The highest BCUT2D eigenvalue weighted by Crippen LogP contribution is 2.35. The first-order valence-corrected chi connectivity index (χ1v) is 8.25. The SMILES string of the molecule is [O-][S+](c1ccccc1)N1CCCCC1c1ccccc1. The monoisotopic (exact) mass is 285 g/mol. The fourth-order valence-electron chi connectivity index (χ4n) is 2.78. The quantitative estimate of drug-likeness (QED) is 0.799. The Hall–Kier alpha value is -1.29. The van der Waals surface area contributed by atoms with Gasteiger partial charge in [-0.15, -0.1) is 4.31 Å². The molecule has 2 aromatic rings.